The number of benzene rings is 2. The molecule has 2 aromatic carbocycles. The third-order valence-corrected chi connectivity index (χ3v) is 3.65. The molecule has 0 saturated carbocycles. The van der Waals surface area contributed by atoms with E-state index in [4.69, 9.17) is 16.3 Å². The van der Waals surface area contributed by atoms with Gasteiger partial charge in [0.25, 0.3) is 0 Å². The quantitative estimate of drug-likeness (QED) is 0.855. The van der Waals surface area contributed by atoms with Crippen molar-refractivity contribution in [1.29, 1.82) is 0 Å². The number of ether oxygens (including phenoxy) is 1. The zero-order valence-corrected chi connectivity index (χ0v) is 13.8. The van der Waals surface area contributed by atoms with Crippen LogP contribution in [0.2, 0.25) is 5.02 Å². The van der Waals surface area contributed by atoms with E-state index in [-0.39, 0.29) is 0 Å². The van der Waals surface area contributed by atoms with E-state index in [9.17, 15) is 0 Å². The fourth-order valence-corrected chi connectivity index (χ4v) is 2.51. The number of methoxy groups -OCH3 is 1. The maximum Gasteiger partial charge on any atom is 0.126 e. The minimum Gasteiger partial charge on any atom is -0.496 e. The number of hydrogen-bond acceptors (Lipinski definition) is 2. The van der Waals surface area contributed by atoms with Crippen molar-refractivity contribution >= 4 is 11.6 Å². The molecule has 2 aromatic rings. The van der Waals surface area contributed by atoms with Gasteiger partial charge in [0.1, 0.15) is 5.75 Å². The van der Waals surface area contributed by atoms with E-state index in [1.807, 2.05) is 18.2 Å². The Labute approximate surface area is 132 Å². The Bertz CT molecular complexity index is 623. The third-order valence-electron chi connectivity index (χ3n) is 3.41. The van der Waals surface area contributed by atoms with Gasteiger partial charge in [-0.3, -0.25) is 0 Å². The molecule has 0 saturated heterocycles. The predicted molar refractivity (Wildman–Crippen MR) is 90.2 cm³/mol. The van der Waals surface area contributed by atoms with E-state index >= 15 is 0 Å². The molecule has 0 heterocycles. The Morgan fingerprint density at radius 3 is 2.52 bits per heavy atom. The van der Waals surface area contributed by atoms with Crippen molar-refractivity contribution in [2.45, 2.75) is 33.4 Å². The topological polar surface area (TPSA) is 21.3 Å². The van der Waals surface area contributed by atoms with Crippen molar-refractivity contribution in [3.05, 3.63) is 52.5 Å². The summed E-state index contributed by atoms with van der Waals surface area (Å²) in [7, 11) is 1.70. The number of nitrogens with one attached hydrogen (secondary N) is 1. The first-order valence-electron chi connectivity index (χ1n) is 7.18. The van der Waals surface area contributed by atoms with Crippen LogP contribution >= 0.6 is 11.6 Å². The molecule has 0 spiro atoms. The van der Waals surface area contributed by atoms with Gasteiger partial charge in [0.05, 0.1) is 7.11 Å². The average molecular weight is 304 g/mol. The van der Waals surface area contributed by atoms with Gasteiger partial charge in [0.2, 0.25) is 0 Å². The third kappa shape index (κ3) is 3.99. The second kappa shape index (κ2) is 6.97. The minimum atomic E-state index is 0.427. The minimum absolute atomic E-state index is 0.427. The van der Waals surface area contributed by atoms with Crippen LogP contribution in [0.15, 0.2) is 36.4 Å². The Kier molecular flexibility index (Phi) is 5.27. The lowest BCUT2D eigenvalue weighted by Crippen LogP contribution is -2.22. The molecule has 0 aliphatic heterocycles. The standard InChI is InChI=1S/C18H22ClNO/c1-12(2)20-11-14-10-15(19)6-7-16(14)17-9-13(3)5-8-18(17)21-4/h5-10,12,20H,11H2,1-4H3. The molecular formula is C18H22ClNO. The van der Waals surface area contributed by atoms with E-state index in [0.717, 1.165) is 28.4 Å². The van der Waals surface area contributed by atoms with Crippen LogP contribution in [-0.4, -0.2) is 13.2 Å². The zero-order chi connectivity index (χ0) is 15.4. The van der Waals surface area contributed by atoms with Crippen molar-refractivity contribution in [1.82, 2.24) is 5.32 Å². The summed E-state index contributed by atoms with van der Waals surface area (Å²) in [5, 5.41) is 4.21. The molecular weight excluding hydrogens is 282 g/mol. The highest BCUT2D eigenvalue weighted by molar-refractivity contribution is 6.30. The molecule has 0 fully saturated rings. The van der Waals surface area contributed by atoms with Crippen LogP contribution in [0.25, 0.3) is 11.1 Å². The van der Waals surface area contributed by atoms with Crippen LogP contribution in [0.4, 0.5) is 0 Å². The summed E-state index contributed by atoms with van der Waals surface area (Å²) in [4.78, 5) is 0. The summed E-state index contributed by atoms with van der Waals surface area (Å²) < 4.78 is 5.51. The van der Waals surface area contributed by atoms with Crippen molar-refractivity contribution < 1.29 is 4.74 Å². The van der Waals surface area contributed by atoms with E-state index in [2.05, 4.69) is 44.3 Å². The number of halogens is 1. The van der Waals surface area contributed by atoms with Gasteiger partial charge >= 0.3 is 0 Å². The van der Waals surface area contributed by atoms with Gasteiger partial charge in [0.15, 0.2) is 0 Å². The lowest BCUT2D eigenvalue weighted by atomic mass is 9.97. The highest BCUT2D eigenvalue weighted by atomic mass is 35.5. The molecule has 3 heteroatoms. The molecule has 112 valence electrons. The smallest absolute Gasteiger partial charge is 0.126 e. The van der Waals surface area contributed by atoms with Gasteiger partial charge in [-0.2, -0.15) is 0 Å². The summed E-state index contributed by atoms with van der Waals surface area (Å²) in [5.41, 5.74) is 4.66. The van der Waals surface area contributed by atoms with Crippen molar-refractivity contribution in [2.24, 2.45) is 0 Å². The van der Waals surface area contributed by atoms with E-state index in [1.165, 1.54) is 11.1 Å². The summed E-state index contributed by atoms with van der Waals surface area (Å²) in [6, 6.07) is 12.7. The fourth-order valence-electron chi connectivity index (χ4n) is 2.32. The van der Waals surface area contributed by atoms with Crippen molar-refractivity contribution in [3.8, 4) is 16.9 Å². The van der Waals surface area contributed by atoms with Gasteiger partial charge in [-0.05, 0) is 42.3 Å². The number of hydrogen-bond donors (Lipinski definition) is 1. The second-order valence-corrected chi connectivity index (χ2v) is 5.98. The molecule has 0 unspecified atom stereocenters. The number of aryl methyl sites for hydroxylation is 1. The monoisotopic (exact) mass is 303 g/mol. The van der Waals surface area contributed by atoms with Crippen molar-refractivity contribution in [2.75, 3.05) is 7.11 Å². The first-order chi connectivity index (χ1) is 10.0. The zero-order valence-electron chi connectivity index (χ0n) is 13.0. The van der Waals surface area contributed by atoms with Crippen LogP contribution in [0.5, 0.6) is 5.75 Å². The lowest BCUT2D eigenvalue weighted by molar-refractivity contribution is 0.416. The van der Waals surface area contributed by atoms with Crippen LogP contribution in [0, 0.1) is 6.92 Å². The van der Waals surface area contributed by atoms with Crippen LogP contribution in [0.3, 0.4) is 0 Å². The largest absolute Gasteiger partial charge is 0.496 e. The molecule has 0 aliphatic carbocycles. The van der Waals surface area contributed by atoms with Gasteiger partial charge in [0, 0.05) is 23.2 Å². The molecule has 2 rings (SSSR count). The number of rotatable bonds is 5. The molecule has 2 nitrogen and oxygen atoms in total. The SMILES string of the molecule is COc1ccc(C)cc1-c1ccc(Cl)cc1CNC(C)C. The Morgan fingerprint density at radius 1 is 1.10 bits per heavy atom. The molecule has 21 heavy (non-hydrogen) atoms. The second-order valence-electron chi connectivity index (χ2n) is 5.54. The maximum absolute atomic E-state index is 6.17. The summed E-state index contributed by atoms with van der Waals surface area (Å²) in [6.45, 7) is 7.14. The van der Waals surface area contributed by atoms with E-state index < -0.39 is 0 Å². The molecule has 0 atom stereocenters. The molecule has 0 radical (unpaired) electrons. The van der Waals surface area contributed by atoms with Crippen molar-refractivity contribution in [3.63, 3.8) is 0 Å². The Hall–Kier alpha value is -1.51. The molecule has 0 bridgehead atoms. The van der Waals surface area contributed by atoms with Gasteiger partial charge in [-0.25, -0.2) is 0 Å². The maximum atomic E-state index is 6.17. The Balaban J connectivity index is 2.50. The summed E-state index contributed by atoms with van der Waals surface area (Å²) in [5.74, 6) is 0.883. The van der Waals surface area contributed by atoms with E-state index in [1.54, 1.807) is 7.11 Å². The Morgan fingerprint density at radius 2 is 1.86 bits per heavy atom. The van der Waals surface area contributed by atoms with Crippen LogP contribution in [-0.2, 0) is 6.54 Å². The summed E-state index contributed by atoms with van der Waals surface area (Å²) in [6.07, 6.45) is 0. The van der Waals surface area contributed by atoms with Gasteiger partial charge in [-0.15, -0.1) is 0 Å². The highest BCUT2D eigenvalue weighted by Gasteiger charge is 2.11. The summed E-state index contributed by atoms with van der Waals surface area (Å²) >= 11 is 6.17. The normalized spacial score (nSPS) is 11.0. The van der Waals surface area contributed by atoms with Crippen LogP contribution < -0.4 is 10.1 Å². The van der Waals surface area contributed by atoms with E-state index in [0.29, 0.717) is 6.04 Å². The highest BCUT2D eigenvalue weighted by Crippen LogP contribution is 2.34. The average Bonchev–Trinajstić information content (AvgIpc) is 2.45. The van der Waals surface area contributed by atoms with Gasteiger partial charge < -0.3 is 10.1 Å². The fraction of sp³-hybridized carbons (Fsp3) is 0.333. The molecule has 0 amide bonds. The molecule has 0 aromatic heterocycles. The predicted octanol–water partition coefficient (Wildman–Crippen LogP) is 4.82. The van der Waals surface area contributed by atoms with Crippen LogP contribution in [0.1, 0.15) is 25.0 Å². The van der Waals surface area contributed by atoms with Gasteiger partial charge in [-0.1, -0.05) is 43.1 Å². The first-order valence-corrected chi connectivity index (χ1v) is 7.56. The molecule has 1 N–H and O–H groups in total. The first kappa shape index (κ1) is 15.9. The molecule has 0 aliphatic rings. The lowest BCUT2D eigenvalue weighted by Gasteiger charge is -2.16.